The van der Waals surface area contributed by atoms with E-state index in [1.165, 1.54) is 220 Å². The molecule has 37 rings (SSSR count). The van der Waals surface area contributed by atoms with E-state index in [0.717, 1.165) is 79.1 Å². The molecular weight excluding hydrogens is 2070 g/mol. The van der Waals surface area contributed by atoms with E-state index in [4.69, 9.17) is 8.88 Å². The van der Waals surface area contributed by atoms with Crippen molar-refractivity contribution < 1.29 is 22.7 Å². The van der Waals surface area contributed by atoms with Gasteiger partial charge in [0.1, 0.15) is 0 Å². The van der Waals surface area contributed by atoms with E-state index >= 15 is 8.58 Å². The van der Waals surface area contributed by atoms with Crippen molar-refractivity contribution in [2.45, 2.75) is 32.6 Å². The van der Waals surface area contributed by atoms with Crippen LogP contribution < -0.4 is 79.7 Å². The molecule has 0 amide bonds. The van der Waals surface area contributed by atoms with E-state index in [9.17, 15) is 0 Å². The number of nitrogens with zero attached hydrogens (tertiary/aromatic N) is 7. The Morgan fingerprint density at radius 3 is 1.12 bits per heavy atom. The summed E-state index contributed by atoms with van der Waals surface area (Å²) in [6, 6.07) is 115. The average molecular weight is 2140 g/mol. The van der Waals surface area contributed by atoms with Crippen molar-refractivity contribution in [1.29, 1.82) is 0 Å². The van der Waals surface area contributed by atoms with Crippen molar-refractivity contribution in [3.05, 3.63) is 376 Å². The number of para-hydroxylation sites is 8. The molecule has 9 saturated heterocycles. The van der Waals surface area contributed by atoms with Crippen molar-refractivity contribution in [2.75, 3.05) is 0 Å². The van der Waals surface area contributed by atoms with Gasteiger partial charge in [0.25, 0.3) is 0 Å². The number of hydrogen-bond acceptors (Lipinski definition) is 3. The summed E-state index contributed by atoms with van der Waals surface area (Å²) in [6.45, 7) is 3.03. The molecule has 21 heterocycles. The molecule has 0 N–H and O–H groups in total. The molecule has 136 heavy (non-hydrogen) atoms. The Morgan fingerprint density at radius 1 is 0.279 bits per heavy atom. The predicted octanol–water partition coefficient (Wildman–Crippen LogP) is 5.42. The molecule has 20 aromatic rings. The van der Waals surface area contributed by atoms with E-state index in [1.54, 1.807) is 0 Å². The smallest absolute Gasteiger partial charge is 1.00 e. The molecule has 0 saturated carbocycles. The number of fused-ring (bicyclic) bond motifs is 32. The fourth-order valence-electron chi connectivity index (χ4n) is 26.8. The molecule has 7 nitrogen and oxygen atoms in total. The zero-order valence-corrected chi connectivity index (χ0v) is 83.4. The first kappa shape index (κ1) is 83.9. The van der Waals surface area contributed by atoms with Gasteiger partial charge >= 0.3 is 647 Å². The molecule has 0 aliphatic carbocycles. The van der Waals surface area contributed by atoms with Crippen LogP contribution in [0.1, 0.15) is 50.1 Å². The fourth-order valence-corrected chi connectivity index (χ4v) is 51.9. The summed E-state index contributed by atoms with van der Waals surface area (Å²) in [7, 11) is 6.68. The maximum Gasteiger partial charge on any atom is -1.00 e. The van der Waals surface area contributed by atoms with Gasteiger partial charge in [-0.2, -0.15) is 0 Å². The summed E-state index contributed by atoms with van der Waals surface area (Å²) in [4.78, 5) is 0. The summed E-state index contributed by atoms with van der Waals surface area (Å²) < 4.78 is 76.1. The topological polar surface area (TPSA) is 56.8 Å². The van der Waals surface area contributed by atoms with Crippen molar-refractivity contribution >= 4 is 344 Å². The summed E-state index contributed by atoms with van der Waals surface area (Å²) in [6.07, 6.45) is 7.92. The molecule has 3 radical (unpaired) electrons. The summed E-state index contributed by atoms with van der Waals surface area (Å²) in [5, 5.41) is 10.1. The number of aryl methyl sites for hydroxylation is 1. The largest absolute Gasteiger partial charge is 1.00 e. The van der Waals surface area contributed by atoms with Crippen molar-refractivity contribution in [1.82, 2.24) is 18.3 Å². The van der Waals surface area contributed by atoms with Gasteiger partial charge in [0.2, 0.25) is 6.71 Å². The molecule has 0 spiro atoms. The standard InChI is InChI=1S/C26H18BN.3C25H17B5FIN2P.3FH/c1-16-10-13-21-18(14-16)15-17-11-12-20-19-6-2-4-8-23(19)28-24-9-5-3-7-22(24)27(21)25(17)26(20)28;31-32(33-35-29-26-30(35)27-29)20-14-16-13-15-7-1-3-9-18(15)28-19-10-4-6-12-22(19)34-21-11-5-2-8-17(21)23(20)25(34)24(16)28;31-32(33-35-29-26-30(35)27-29)21-14-17-16-8-2-5-11-22(16)34-23-12-6-4-10-20(23)28-19-9-3-1-7-15(19)13-18(21)24(28)25(17)34;31-32(33-35-29-26-30(35)27-29)21-9-5-8-19-18(21)14-15-12-13-17-16-6-1-3-10-22(16)34-23-11-4-2-7-20(23)28(19)24(15)25(17)34;;;/h2-14H,15H2,1H3;2*1-12,14H,13,26H2;1-13H,14,26H2;3*1H/p-3. The van der Waals surface area contributed by atoms with Crippen LogP contribution in [0, 0.1) is 17.6 Å². The molecule has 17 aliphatic heterocycles. The monoisotopic (exact) mass is 2140 g/mol. The van der Waals surface area contributed by atoms with Gasteiger partial charge in [-0.3, -0.25) is 0 Å². The number of aromatic nitrogens is 4. The Hall–Kier alpha value is -10.2. The maximum atomic E-state index is 16.3. The third kappa shape index (κ3) is 11.6. The zero-order valence-electron chi connectivity index (χ0n) is 74.2. The first-order valence-electron chi connectivity index (χ1n) is 47.8. The molecule has 637 valence electrons. The Morgan fingerprint density at radius 2 is 0.632 bits per heavy atom. The summed E-state index contributed by atoms with van der Waals surface area (Å²) in [5.74, 6) is 0. The van der Waals surface area contributed by atoms with Crippen LogP contribution >= 0.6 is 84.4 Å². The Kier molecular flexibility index (Phi) is 19.4. The van der Waals surface area contributed by atoms with Gasteiger partial charge in [-0.15, -0.1) is 0 Å². The SMILES string of the molecule is Cc1ccc2c(c1)Cc1ccc3c4ccccc4n4c3c1B2c1ccccc1-4.FI(N=[P+]1B2[B]B1[BH2-]2)c1cc2c3c4c1c1ccccc1n4-c1ccccc1B3c1ccccc1C2.FI(N=[P+]1B2[B]B1[BH2-]2)c1cc2c3ccccc3n3c2c2c1Cc1ccccc1B2c1ccccc1-3.FI(N=[P+]1B2[B]B1[BH2-]2)c1cccc2c1Cc1ccc3c4ccccc4n4c3c1B2c1ccccc1-4.[F-].[F-].[F-]. The van der Waals surface area contributed by atoms with Crippen LogP contribution in [0.2, 0.25) is 0 Å². The molecule has 9 fully saturated rings. The number of rotatable bonds is 6. The Bertz CT molecular complexity index is 8860. The average Bonchev–Trinajstić information content (AvgIpc) is 1.50. The Balaban J connectivity index is 0.0000000895. The predicted molar refractivity (Wildman–Crippen MR) is 610 cm³/mol. The quantitative estimate of drug-likeness (QED) is 0.0926. The molecule has 17 aliphatic rings. The molecule has 16 aromatic carbocycles. The third-order valence-electron chi connectivity index (χ3n) is 33.6. The number of halogens is 9. The molecule has 35 heteroatoms. The van der Waals surface area contributed by atoms with Crippen molar-refractivity contribution in [2.24, 2.45) is 8.88 Å². The second kappa shape index (κ2) is 31.4. The van der Waals surface area contributed by atoms with Gasteiger partial charge in [-0.25, -0.2) is 0 Å². The van der Waals surface area contributed by atoms with Gasteiger partial charge in [0, 0.05) is 22.0 Å². The zero-order chi connectivity index (χ0) is 86.9. The minimum atomic E-state index is -3.13. The second-order valence-electron chi connectivity index (χ2n) is 39.9. The normalized spacial score (nSPS) is 15.5. The van der Waals surface area contributed by atoms with Crippen LogP contribution in [0.5, 0.6) is 0 Å². The van der Waals surface area contributed by atoms with Crippen molar-refractivity contribution in [3.63, 3.8) is 0 Å². The molecule has 0 atom stereocenters. The van der Waals surface area contributed by atoms with Gasteiger partial charge in [-0.1, -0.05) is 77.8 Å². The minimum Gasteiger partial charge on any atom is -1.00 e. The maximum absolute atomic E-state index is 16.3. The van der Waals surface area contributed by atoms with E-state index in [0.29, 0.717) is 6.71 Å². The van der Waals surface area contributed by atoms with Crippen LogP contribution in [0.15, 0.2) is 324 Å². The van der Waals surface area contributed by atoms with Gasteiger partial charge < -0.3 is 18.7 Å². The van der Waals surface area contributed by atoms with Crippen molar-refractivity contribution in [3.8, 4) is 22.7 Å². The molecule has 0 unspecified atom stereocenters. The van der Waals surface area contributed by atoms with Gasteiger partial charge in [0.15, 0.2) is 0 Å². The minimum absolute atomic E-state index is 0. The summed E-state index contributed by atoms with van der Waals surface area (Å²) >= 11 is -9.25. The molecule has 6 bridgehead atoms. The Labute approximate surface area is 816 Å². The molecule has 4 aromatic heterocycles. The first-order valence-corrected chi connectivity index (χ1v) is 60.7. The number of benzene rings is 16. The van der Waals surface area contributed by atoms with Crippen LogP contribution in [-0.4, -0.2) is 125 Å². The third-order valence-corrected chi connectivity index (χ3v) is 55.9. The van der Waals surface area contributed by atoms with E-state index in [-0.39, 0.29) is 70.4 Å². The molecular formula is C101H69B16F6I3N7P3-3. The summed E-state index contributed by atoms with van der Waals surface area (Å²) in [5.41, 5.74) is 44.1. The second-order valence-corrected chi connectivity index (χ2v) is 58.7. The first-order chi connectivity index (χ1) is 65.6. The van der Waals surface area contributed by atoms with Crippen LogP contribution in [0.25, 0.3) is 110 Å². The van der Waals surface area contributed by atoms with Crippen LogP contribution in [0.4, 0.5) is 8.58 Å². The number of hydrogen-bond donors (Lipinski definition) is 0. The van der Waals surface area contributed by atoms with E-state index in [2.05, 4.69) is 362 Å². The van der Waals surface area contributed by atoms with Crippen LogP contribution in [-0.2, 0) is 25.7 Å². The van der Waals surface area contributed by atoms with Gasteiger partial charge in [-0.05, 0) is 47.5 Å². The van der Waals surface area contributed by atoms with E-state index in [1.807, 2.05) is 0 Å². The fraction of sp³-hybridized carbons (Fsp3) is 0.0495. The van der Waals surface area contributed by atoms with Gasteiger partial charge in [0.05, 0.1) is 5.52 Å². The van der Waals surface area contributed by atoms with E-state index < -0.39 is 69.5 Å². The van der Waals surface area contributed by atoms with Crippen LogP contribution in [0.3, 0.4) is 0 Å².